The zero-order valence-electron chi connectivity index (χ0n) is 5.97. The van der Waals surface area contributed by atoms with E-state index in [1.165, 1.54) is 0 Å². The predicted molar refractivity (Wildman–Crippen MR) is 43.6 cm³/mol. The lowest BCUT2D eigenvalue weighted by atomic mass is 10.4. The van der Waals surface area contributed by atoms with E-state index in [0.29, 0.717) is 0 Å². The van der Waals surface area contributed by atoms with E-state index in [4.69, 9.17) is 5.73 Å². The fourth-order valence-electron chi connectivity index (χ4n) is 0.410. The van der Waals surface area contributed by atoms with Crippen LogP contribution in [0, 0.1) is 0 Å². The molecule has 5 heteroatoms. The van der Waals surface area contributed by atoms with E-state index in [-0.39, 0.29) is 11.2 Å². The lowest BCUT2D eigenvalue weighted by molar-refractivity contribution is 0.253. The van der Waals surface area contributed by atoms with Gasteiger partial charge in [-0.15, -0.1) is 0 Å². The van der Waals surface area contributed by atoms with Gasteiger partial charge in [-0.3, -0.25) is 5.32 Å². The number of carbonyl (C=O) groups excluding carboxylic acids is 1. The normalized spacial score (nSPS) is 9.10. The van der Waals surface area contributed by atoms with Gasteiger partial charge in [-0.1, -0.05) is 0 Å². The number of hydrogen-bond donors (Lipinski definition) is 3. The molecule has 0 aliphatic rings. The van der Waals surface area contributed by atoms with Crippen LogP contribution in [-0.2, 0) is 0 Å². The topological polar surface area (TPSA) is 67.2 Å². The molecule has 0 aliphatic heterocycles. The van der Waals surface area contributed by atoms with Crippen LogP contribution >= 0.6 is 12.2 Å². The maximum absolute atomic E-state index is 10.2. The number of nitrogens with one attached hydrogen (secondary N) is 2. The smallest absolute Gasteiger partial charge is 0.318 e. The summed E-state index contributed by atoms with van der Waals surface area (Å²) in [5.41, 5.74) is 4.79. The first-order chi connectivity index (χ1) is 4.52. The molecule has 0 aromatic rings. The number of nitrogens with two attached hydrogens (primary N) is 1. The van der Waals surface area contributed by atoms with Crippen molar-refractivity contribution in [2.45, 2.75) is 19.9 Å². The molecule has 0 saturated heterocycles. The predicted octanol–water partition coefficient (Wildman–Crippen LogP) is -0.0624. The quantitative estimate of drug-likeness (QED) is 0.472. The summed E-state index contributed by atoms with van der Waals surface area (Å²) in [5, 5.41) is 5.29. The number of primary amides is 1. The highest BCUT2D eigenvalue weighted by Gasteiger charge is 1.98. The molecule has 4 N–H and O–H groups in total. The molecule has 58 valence electrons. The average molecular weight is 161 g/mol. The lowest BCUT2D eigenvalue weighted by Crippen LogP contribution is -2.44. The van der Waals surface area contributed by atoms with Gasteiger partial charge in [0.1, 0.15) is 0 Å². The Morgan fingerprint density at radius 2 is 2.10 bits per heavy atom. The van der Waals surface area contributed by atoms with Crippen molar-refractivity contribution in [1.82, 2.24) is 10.6 Å². The van der Waals surface area contributed by atoms with Crippen molar-refractivity contribution in [3.8, 4) is 0 Å². The molecule has 0 aromatic heterocycles. The molecule has 0 atom stereocenters. The molecule has 0 radical (unpaired) electrons. The Morgan fingerprint density at radius 3 is 2.40 bits per heavy atom. The minimum Gasteiger partial charge on any atom is -0.360 e. The van der Waals surface area contributed by atoms with Crippen LogP contribution in [0.1, 0.15) is 13.8 Å². The van der Waals surface area contributed by atoms with Crippen LogP contribution < -0.4 is 16.4 Å². The first kappa shape index (κ1) is 9.16. The summed E-state index contributed by atoms with van der Waals surface area (Å²) in [6.07, 6.45) is 0. The first-order valence-electron chi connectivity index (χ1n) is 2.89. The zero-order valence-corrected chi connectivity index (χ0v) is 6.79. The minimum atomic E-state index is -0.641. The van der Waals surface area contributed by atoms with Gasteiger partial charge in [-0.2, -0.15) is 0 Å². The van der Waals surface area contributed by atoms with Crippen molar-refractivity contribution >= 4 is 23.4 Å². The average Bonchev–Trinajstić information content (AvgIpc) is 1.58. The summed E-state index contributed by atoms with van der Waals surface area (Å²) in [5.74, 6) is 0. The van der Waals surface area contributed by atoms with Gasteiger partial charge in [0.05, 0.1) is 0 Å². The summed E-state index contributed by atoms with van der Waals surface area (Å²) in [4.78, 5) is 10.2. The van der Waals surface area contributed by atoms with Crippen molar-refractivity contribution in [3.63, 3.8) is 0 Å². The molecule has 0 aromatic carbocycles. The van der Waals surface area contributed by atoms with Crippen molar-refractivity contribution < 1.29 is 4.79 Å². The Labute approximate surface area is 65.2 Å². The molecular formula is C5H11N3OS. The summed E-state index contributed by atoms with van der Waals surface area (Å²) in [7, 11) is 0. The van der Waals surface area contributed by atoms with Crippen LogP contribution in [0.15, 0.2) is 0 Å². The number of thiocarbonyl (C=S) groups is 1. The van der Waals surface area contributed by atoms with Gasteiger partial charge in [0.25, 0.3) is 0 Å². The fraction of sp³-hybridized carbons (Fsp3) is 0.600. The standard InChI is InChI=1S/C5H11N3OS/c1-3(2)7-5(10)8-4(6)9/h3H,1-2H3,(H4,6,7,8,9,10). The zero-order chi connectivity index (χ0) is 8.15. The molecule has 0 spiro atoms. The number of urea groups is 1. The first-order valence-corrected chi connectivity index (χ1v) is 3.30. The number of hydrogen-bond acceptors (Lipinski definition) is 2. The number of rotatable bonds is 1. The highest BCUT2D eigenvalue weighted by Crippen LogP contribution is 1.75. The van der Waals surface area contributed by atoms with Crippen LogP contribution in [0.5, 0.6) is 0 Å². The lowest BCUT2D eigenvalue weighted by Gasteiger charge is -2.09. The Bertz CT molecular complexity index is 146. The maximum Gasteiger partial charge on any atom is 0.318 e. The molecule has 0 aliphatic carbocycles. The number of amides is 2. The van der Waals surface area contributed by atoms with Gasteiger partial charge < -0.3 is 11.1 Å². The van der Waals surface area contributed by atoms with E-state index in [0.717, 1.165) is 0 Å². The van der Waals surface area contributed by atoms with E-state index in [1.54, 1.807) is 0 Å². The molecule has 0 saturated carbocycles. The third kappa shape index (κ3) is 5.30. The van der Waals surface area contributed by atoms with Crippen molar-refractivity contribution in [2.75, 3.05) is 0 Å². The summed E-state index contributed by atoms with van der Waals surface area (Å²) in [6.45, 7) is 3.82. The van der Waals surface area contributed by atoms with E-state index in [9.17, 15) is 4.79 Å². The Morgan fingerprint density at radius 1 is 1.60 bits per heavy atom. The Kier molecular flexibility index (Phi) is 3.71. The van der Waals surface area contributed by atoms with Gasteiger partial charge in [0.15, 0.2) is 5.11 Å². The van der Waals surface area contributed by atoms with Gasteiger partial charge >= 0.3 is 6.03 Å². The van der Waals surface area contributed by atoms with Crippen LogP contribution in [0.2, 0.25) is 0 Å². The fourth-order valence-corrected chi connectivity index (χ4v) is 0.746. The van der Waals surface area contributed by atoms with Crippen LogP contribution in [0.25, 0.3) is 0 Å². The largest absolute Gasteiger partial charge is 0.360 e. The molecular weight excluding hydrogens is 150 g/mol. The second-order valence-electron chi connectivity index (χ2n) is 2.12. The molecule has 0 bridgehead atoms. The third-order valence-electron chi connectivity index (χ3n) is 0.657. The highest BCUT2D eigenvalue weighted by molar-refractivity contribution is 7.80. The van der Waals surface area contributed by atoms with Gasteiger partial charge in [-0.05, 0) is 26.1 Å². The van der Waals surface area contributed by atoms with E-state index < -0.39 is 6.03 Å². The van der Waals surface area contributed by atoms with E-state index in [1.807, 2.05) is 13.8 Å². The van der Waals surface area contributed by atoms with Crippen LogP contribution in [0.4, 0.5) is 4.79 Å². The monoisotopic (exact) mass is 161 g/mol. The second-order valence-corrected chi connectivity index (χ2v) is 2.53. The molecule has 4 nitrogen and oxygen atoms in total. The molecule has 0 fully saturated rings. The Balaban J connectivity index is 3.54. The number of carbonyl (C=O) groups is 1. The Hall–Kier alpha value is -0.840. The molecule has 0 rings (SSSR count). The van der Waals surface area contributed by atoms with E-state index >= 15 is 0 Å². The molecule has 2 amide bonds. The minimum absolute atomic E-state index is 0.208. The SMILES string of the molecule is CC(C)NC(=S)NC(N)=O. The van der Waals surface area contributed by atoms with Crippen molar-refractivity contribution in [1.29, 1.82) is 0 Å². The third-order valence-corrected chi connectivity index (χ3v) is 0.876. The summed E-state index contributed by atoms with van der Waals surface area (Å²) < 4.78 is 0. The van der Waals surface area contributed by atoms with Gasteiger partial charge in [0, 0.05) is 6.04 Å². The van der Waals surface area contributed by atoms with Crippen LogP contribution in [0.3, 0.4) is 0 Å². The van der Waals surface area contributed by atoms with E-state index in [2.05, 4.69) is 22.9 Å². The summed E-state index contributed by atoms with van der Waals surface area (Å²) in [6, 6.07) is -0.433. The maximum atomic E-state index is 10.2. The van der Waals surface area contributed by atoms with Crippen molar-refractivity contribution in [2.24, 2.45) is 5.73 Å². The molecule has 10 heavy (non-hydrogen) atoms. The van der Waals surface area contributed by atoms with Crippen LogP contribution in [-0.4, -0.2) is 17.2 Å². The van der Waals surface area contributed by atoms with Gasteiger partial charge in [0.2, 0.25) is 0 Å². The molecule has 0 unspecified atom stereocenters. The second kappa shape index (κ2) is 4.05. The highest BCUT2D eigenvalue weighted by atomic mass is 32.1. The van der Waals surface area contributed by atoms with Gasteiger partial charge in [-0.25, -0.2) is 4.79 Å². The molecule has 0 heterocycles. The summed E-state index contributed by atoms with van der Waals surface area (Å²) >= 11 is 4.68. The van der Waals surface area contributed by atoms with Crippen molar-refractivity contribution in [3.05, 3.63) is 0 Å².